The summed E-state index contributed by atoms with van der Waals surface area (Å²) in [5.74, 6) is 0. The molecular formula is C11H9IN2O2S. The van der Waals surface area contributed by atoms with Crippen LogP contribution in [0.15, 0.2) is 35.7 Å². The van der Waals surface area contributed by atoms with Crippen LogP contribution in [0.5, 0.6) is 0 Å². The van der Waals surface area contributed by atoms with Crippen molar-refractivity contribution in [3.63, 3.8) is 0 Å². The first-order valence-corrected chi connectivity index (χ1v) is 6.83. The highest BCUT2D eigenvalue weighted by molar-refractivity contribution is 14.1. The molecule has 0 aliphatic heterocycles. The first kappa shape index (κ1) is 12.3. The van der Waals surface area contributed by atoms with E-state index in [1.165, 1.54) is 10.9 Å². The highest BCUT2D eigenvalue weighted by Gasteiger charge is 2.08. The lowest BCUT2D eigenvalue weighted by atomic mass is 10.3. The Morgan fingerprint density at radius 1 is 1.41 bits per heavy atom. The fourth-order valence-electron chi connectivity index (χ4n) is 1.36. The molecule has 1 aromatic carbocycles. The maximum Gasteiger partial charge on any atom is 0.270 e. The zero-order valence-electron chi connectivity index (χ0n) is 8.72. The van der Waals surface area contributed by atoms with Crippen molar-refractivity contribution in [2.45, 2.75) is 6.54 Å². The minimum Gasteiger partial charge on any atom is -0.379 e. The lowest BCUT2D eigenvalue weighted by molar-refractivity contribution is -0.384. The normalized spacial score (nSPS) is 10.2. The van der Waals surface area contributed by atoms with Gasteiger partial charge in [0, 0.05) is 32.8 Å². The van der Waals surface area contributed by atoms with Gasteiger partial charge in [-0.1, -0.05) is 6.07 Å². The fourth-order valence-corrected chi connectivity index (χ4v) is 2.69. The number of nitro groups is 1. The first-order chi connectivity index (χ1) is 8.16. The van der Waals surface area contributed by atoms with Crippen LogP contribution in [-0.2, 0) is 6.54 Å². The Kier molecular flexibility index (Phi) is 3.95. The van der Waals surface area contributed by atoms with Gasteiger partial charge in [0.05, 0.1) is 4.92 Å². The highest BCUT2D eigenvalue weighted by Crippen LogP contribution is 2.24. The molecule has 2 rings (SSSR count). The van der Waals surface area contributed by atoms with Crippen LogP contribution in [-0.4, -0.2) is 4.92 Å². The van der Waals surface area contributed by atoms with Crippen molar-refractivity contribution in [1.82, 2.24) is 0 Å². The summed E-state index contributed by atoms with van der Waals surface area (Å²) in [4.78, 5) is 11.4. The molecule has 17 heavy (non-hydrogen) atoms. The predicted molar refractivity (Wildman–Crippen MR) is 77.5 cm³/mol. The molecule has 0 amide bonds. The minimum absolute atomic E-state index is 0.121. The third-order valence-corrected chi connectivity index (χ3v) is 3.97. The lowest BCUT2D eigenvalue weighted by Crippen LogP contribution is -2.00. The minimum atomic E-state index is -0.384. The van der Waals surface area contributed by atoms with Crippen molar-refractivity contribution in [3.05, 3.63) is 54.3 Å². The van der Waals surface area contributed by atoms with Crippen molar-refractivity contribution in [1.29, 1.82) is 0 Å². The number of thiophene rings is 1. The molecule has 0 aliphatic rings. The number of benzene rings is 1. The van der Waals surface area contributed by atoms with Gasteiger partial charge in [0.15, 0.2) is 0 Å². The van der Waals surface area contributed by atoms with Crippen LogP contribution in [0.3, 0.4) is 0 Å². The van der Waals surface area contributed by atoms with E-state index in [4.69, 9.17) is 0 Å². The summed E-state index contributed by atoms with van der Waals surface area (Å²) >= 11 is 3.78. The van der Waals surface area contributed by atoms with E-state index in [1.54, 1.807) is 23.5 Å². The molecule has 0 spiro atoms. The zero-order chi connectivity index (χ0) is 12.3. The van der Waals surface area contributed by atoms with Gasteiger partial charge in [-0.25, -0.2) is 0 Å². The van der Waals surface area contributed by atoms with Gasteiger partial charge in [-0.15, -0.1) is 11.3 Å². The van der Waals surface area contributed by atoms with Gasteiger partial charge >= 0.3 is 0 Å². The van der Waals surface area contributed by atoms with Gasteiger partial charge in [0.2, 0.25) is 0 Å². The second kappa shape index (κ2) is 5.46. The van der Waals surface area contributed by atoms with Gasteiger partial charge in [0.1, 0.15) is 0 Å². The van der Waals surface area contributed by atoms with Crippen LogP contribution >= 0.6 is 33.9 Å². The lowest BCUT2D eigenvalue weighted by Gasteiger charge is -2.06. The van der Waals surface area contributed by atoms with Crippen LogP contribution in [0, 0.1) is 13.7 Å². The quantitative estimate of drug-likeness (QED) is 0.512. The summed E-state index contributed by atoms with van der Waals surface area (Å²) in [5, 5.41) is 15.9. The van der Waals surface area contributed by atoms with E-state index < -0.39 is 0 Å². The largest absolute Gasteiger partial charge is 0.379 e. The van der Waals surface area contributed by atoms with E-state index >= 15 is 0 Å². The number of non-ortho nitro benzene ring substituents is 1. The van der Waals surface area contributed by atoms with Crippen molar-refractivity contribution < 1.29 is 4.92 Å². The van der Waals surface area contributed by atoms with Crippen LogP contribution in [0.1, 0.15) is 4.88 Å². The third-order valence-electron chi connectivity index (χ3n) is 2.20. The Balaban J connectivity index is 2.09. The average molecular weight is 360 g/mol. The van der Waals surface area contributed by atoms with E-state index in [2.05, 4.69) is 34.0 Å². The van der Waals surface area contributed by atoms with Crippen LogP contribution in [0.25, 0.3) is 0 Å². The maximum atomic E-state index is 10.6. The molecule has 0 bridgehead atoms. The molecule has 2 aromatic rings. The van der Waals surface area contributed by atoms with Crippen molar-refractivity contribution in [2.75, 3.05) is 5.32 Å². The van der Waals surface area contributed by atoms with Gasteiger partial charge in [-0.2, -0.15) is 0 Å². The molecule has 0 saturated carbocycles. The Morgan fingerprint density at radius 3 is 2.82 bits per heavy atom. The average Bonchev–Trinajstić information content (AvgIpc) is 2.80. The summed E-state index contributed by atoms with van der Waals surface area (Å²) in [7, 11) is 0. The van der Waals surface area contributed by atoms with E-state index in [-0.39, 0.29) is 10.6 Å². The second-order valence-electron chi connectivity index (χ2n) is 3.35. The van der Waals surface area contributed by atoms with Crippen LogP contribution < -0.4 is 5.32 Å². The zero-order valence-corrected chi connectivity index (χ0v) is 11.7. The molecule has 0 saturated heterocycles. The van der Waals surface area contributed by atoms with Crippen LogP contribution in [0.4, 0.5) is 11.4 Å². The molecule has 0 radical (unpaired) electrons. The molecule has 6 heteroatoms. The van der Waals surface area contributed by atoms with E-state index in [9.17, 15) is 10.1 Å². The number of nitro benzene ring substituents is 1. The molecule has 0 unspecified atom stereocenters. The molecule has 1 N–H and O–H groups in total. The van der Waals surface area contributed by atoms with Crippen molar-refractivity contribution in [3.8, 4) is 0 Å². The molecule has 0 atom stereocenters. The molecule has 1 heterocycles. The van der Waals surface area contributed by atoms with Crippen molar-refractivity contribution in [2.24, 2.45) is 0 Å². The molecule has 0 aliphatic carbocycles. The molecule has 4 nitrogen and oxygen atoms in total. The Bertz CT molecular complexity index is 528. The van der Waals surface area contributed by atoms with Gasteiger partial charge in [-0.3, -0.25) is 10.1 Å². The molecule has 0 fully saturated rings. The van der Waals surface area contributed by atoms with E-state index in [1.807, 2.05) is 11.4 Å². The SMILES string of the molecule is O=[N+]([O-])c1ccc(NCc2cccs2)c(I)c1. The monoisotopic (exact) mass is 360 g/mol. The maximum absolute atomic E-state index is 10.6. The summed E-state index contributed by atoms with van der Waals surface area (Å²) in [5.41, 5.74) is 1.04. The second-order valence-corrected chi connectivity index (χ2v) is 5.55. The summed E-state index contributed by atoms with van der Waals surface area (Å²) < 4.78 is 0.855. The third kappa shape index (κ3) is 3.16. The predicted octanol–water partition coefficient (Wildman–Crippen LogP) is 3.87. The van der Waals surface area contributed by atoms with E-state index in [0.29, 0.717) is 0 Å². The number of nitrogens with one attached hydrogen (secondary N) is 1. The Hall–Kier alpha value is -1.15. The number of hydrogen-bond acceptors (Lipinski definition) is 4. The first-order valence-electron chi connectivity index (χ1n) is 4.87. The Labute approximate surface area is 116 Å². The topological polar surface area (TPSA) is 55.2 Å². The number of halogens is 1. The summed E-state index contributed by atoms with van der Waals surface area (Å²) in [6.45, 7) is 0.742. The van der Waals surface area contributed by atoms with E-state index in [0.717, 1.165) is 15.8 Å². The molecule has 1 aromatic heterocycles. The summed E-state index contributed by atoms with van der Waals surface area (Å²) in [6.07, 6.45) is 0. The smallest absolute Gasteiger partial charge is 0.270 e. The molecular weight excluding hydrogens is 351 g/mol. The van der Waals surface area contributed by atoms with Gasteiger partial charge in [-0.05, 0) is 40.1 Å². The van der Waals surface area contributed by atoms with Crippen LogP contribution in [0.2, 0.25) is 0 Å². The highest BCUT2D eigenvalue weighted by atomic mass is 127. The molecule has 88 valence electrons. The Morgan fingerprint density at radius 2 is 2.24 bits per heavy atom. The van der Waals surface area contributed by atoms with Gasteiger partial charge < -0.3 is 5.32 Å². The number of hydrogen-bond donors (Lipinski definition) is 1. The summed E-state index contributed by atoms with van der Waals surface area (Å²) in [6, 6.07) is 8.88. The number of rotatable bonds is 4. The van der Waals surface area contributed by atoms with Gasteiger partial charge in [0.25, 0.3) is 5.69 Å². The fraction of sp³-hybridized carbons (Fsp3) is 0.0909. The van der Waals surface area contributed by atoms with Crippen molar-refractivity contribution >= 4 is 45.3 Å². The standard InChI is InChI=1S/C11H9IN2O2S/c12-10-6-8(14(15)16)3-4-11(10)13-7-9-2-1-5-17-9/h1-6,13H,7H2. The number of anilines is 1. The number of nitrogens with zero attached hydrogens (tertiary/aromatic N) is 1.